The molecule has 1 atom stereocenters. The van der Waals surface area contributed by atoms with Crippen LogP contribution in [0, 0.1) is 5.92 Å². The average Bonchev–Trinajstić information content (AvgIpc) is 2.15. The van der Waals surface area contributed by atoms with Gasteiger partial charge in [0.05, 0.1) is 0 Å². The highest BCUT2D eigenvalue weighted by Gasteiger charge is 2.19. The Morgan fingerprint density at radius 2 is 1.73 bits per heavy atom. The number of rotatable bonds is 7. The van der Waals surface area contributed by atoms with Crippen LogP contribution in [0.25, 0.3) is 0 Å². The molecule has 5 nitrogen and oxygen atoms in total. The molecule has 0 rings (SSSR count). The Kier molecular flexibility index (Phi) is 6.35. The van der Waals surface area contributed by atoms with Crippen molar-refractivity contribution in [3.05, 3.63) is 0 Å². The van der Waals surface area contributed by atoms with E-state index in [1.165, 1.54) is 4.31 Å². The number of hydrogen-bond donors (Lipinski definition) is 2. The van der Waals surface area contributed by atoms with Gasteiger partial charge in [-0.1, -0.05) is 27.7 Å². The average molecular weight is 237 g/mol. The summed E-state index contributed by atoms with van der Waals surface area (Å²) in [6.45, 7) is 8.80. The van der Waals surface area contributed by atoms with Crippen LogP contribution in [0.4, 0.5) is 0 Å². The van der Waals surface area contributed by atoms with Crippen molar-refractivity contribution in [2.45, 2.75) is 33.7 Å². The van der Waals surface area contributed by atoms with E-state index in [1.54, 1.807) is 0 Å². The predicted octanol–water partition coefficient (Wildman–Crippen LogP) is 0.146. The highest BCUT2D eigenvalue weighted by Crippen LogP contribution is 2.00. The molecule has 92 valence electrons. The molecule has 0 bridgehead atoms. The Bertz CT molecular complexity index is 261. The van der Waals surface area contributed by atoms with Crippen LogP contribution in [-0.2, 0) is 10.2 Å². The van der Waals surface area contributed by atoms with Crippen LogP contribution in [0.15, 0.2) is 0 Å². The Labute approximate surface area is 93.2 Å². The smallest absolute Gasteiger partial charge is 0.279 e. The topological polar surface area (TPSA) is 75.4 Å². The minimum atomic E-state index is -3.35. The Morgan fingerprint density at radius 1 is 1.27 bits per heavy atom. The number of hydrogen-bond acceptors (Lipinski definition) is 3. The van der Waals surface area contributed by atoms with Crippen molar-refractivity contribution >= 4 is 10.2 Å². The van der Waals surface area contributed by atoms with Crippen molar-refractivity contribution in [2.24, 2.45) is 11.7 Å². The van der Waals surface area contributed by atoms with E-state index in [0.29, 0.717) is 13.1 Å². The minimum Gasteiger partial charge on any atom is -0.326 e. The van der Waals surface area contributed by atoms with E-state index in [-0.39, 0.29) is 18.5 Å². The zero-order valence-corrected chi connectivity index (χ0v) is 10.8. The van der Waals surface area contributed by atoms with Gasteiger partial charge in [0.1, 0.15) is 0 Å². The van der Waals surface area contributed by atoms with E-state index in [4.69, 9.17) is 5.73 Å². The minimum absolute atomic E-state index is 0.143. The summed E-state index contributed by atoms with van der Waals surface area (Å²) in [5.41, 5.74) is 5.76. The van der Waals surface area contributed by atoms with Gasteiger partial charge in [-0.25, -0.2) is 4.72 Å². The number of nitrogens with zero attached hydrogens (tertiary/aromatic N) is 1. The van der Waals surface area contributed by atoms with Crippen LogP contribution in [0.3, 0.4) is 0 Å². The fraction of sp³-hybridized carbons (Fsp3) is 1.00. The molecular weight excluding hydrogens is 214 g/mol. The Balaban J connectivity index is 4.27. The van der Waals surface area contributed by atoms with Crippen molar-refractivity contribution < 1.29 is 8.42 Å². The predicted molar refractivity (Wildman–Crippen MR) is 62.7 cm³/mol. The van der Waals surface area contributed by atoms with Gasteiger partial charge in [-0.15, -0.1) is 0 Å². The van der Waals surface area contributed by atoms with Gasteiger partial charge in [0.15, 0.2) is 0 Å². The molecule has 0 aromatic heterocycles. The molecule has 0 aliphatic heterocycles. The van der Waals surface area contributed by atoms with Crippen LogP contribution < -0.4 is 10.5 Å². The summed E-state index contributed by atoms with van der Waals surface area (Å²) in [6, 6.07) is -0.143. The maximum atomic E-state index is 11.7. The second kappa shape index (κ2) is 6.42. The Hall–Kier alpha value is -0.170. The molecule has 0 aliphatic carbocycles. The van der Waals surface area contributed by atoms with Gasteiger partial charge in [-0.2, -0.15) is 12.7 Å². The summed E-state index contributed by atoms with van der Waals surface area (Å²) in [5, 5.41) is 0. The third-order valence-corrected chi connectivity index (χ3v) is 4.13. The van der Waals surface area contributed by atoms with E-state index in [0.717, 1.165) is 0 Å². The first-order valence-electron chi connectivity index (χ1n) is 5.35. The molecule has 0 amide bonds. The Morgan fingerprint density at radius 3 is 2.07 bits per heavy atom. The van der Waals surface area contributed by atoms with Crippen LogP contribution in [-0.4, -0.2) is 38.4 Å². The van der Waals surface area contributed by atoms with Gasteiger partial charge in [-0.3, -0.25) is 0 Å². The van der Waals surface area contributed by atoms with Gasteiger partial charge in [0.25, 0.3) is 10.2 Å². The van der Waals surface area contributed by atoms with Gasteiger partial charge >= 0.3 is 0 Å². The van der Waals surface area contributed by atoms with Gasteiger partial charge in [0, 0.05) is 25.7 Å². The molecular formula is C9H23N3O2S. The lowest BCUT2D eigenvalue weighted by atomic mass is 10.1. The first kappa shape index (κ1) is 14.8. The molecule has 0 radical (unpaired) electrons. The SMILES string of the molecule is CCN(CC)S(=O)(=O)NCC(N)C(C)C. The summed E-state index contributed by atoms with van der Waals surface area (Å²) in [6.07, 6.45) is 0. The fourth-order valence-corrected chi connectivity index (χ4v) is 2.36. The molecule has 0 aliphatic rings. The van der Waals surface area contributed by atoms with Crippen molar-refractivity contribution in [3.8, 4) is 0 Å². The molecule has 1 unspecified atom stereocenters. The van der Waals surface area contributed by atoms with Gasteiger partial charge < -0.3 is 5.73 Å². The van der Waals surface area contributed by atoms with Crippen molar-refractivity contribution in [1.82, 2.24) is 9.03 Å². The maximum Gasteiger partial charge on any atom is 0.279 e. The third-order valence-electron chi connectivity index (χ3n) is 2.40. The standard InChI is InChI=1S/C9H23N3O2S/c1-5-12(6-2)15(13,14)11-7-9(10)8(3)4/h8-9,11H,5-7,10H2,1-4H3. The normalized spacial score (nSPS) is 14.9. The summed E-state index contributed by atoms with van der Waals surface area (Å²) in [4.78, 5) is 0. The summed E-state index contributed by atoms with van der Waals surface area (Å²) < 4.78 is 27.2. The van der Waals surface area contributed by atoms with Crippen LogP contribution in [0.5, 0.6) is 0 Å². The molecule has 0 saturated heterocycles. The first-order chi connectivity index (χ1) is 6.85. The zero-order valence-electron chi connectivity index (χ0n) is 10.0. The highest BCUT2D eigenvalue weighted by molar-refractivity contribution is 7.87. The van der Waals surface area contributed by atoms with Crippen molar-refractivity contribution in [2.75, 3.05) is 19.6 Å². The van der Waals surface area contributed by atoms with Crippen LogP contribution in [0.2, 0.25) is 0 Å². The van der Waals surface area contributed by atoms with Gasteiger partial charge in [-0.05, 0) is 5.92 Å². The lowest BCUT2D eigenvalue weighted by Crippen LogP contribution is -2.46. The molecule has 6 heteroatoms. The summed E-state index contributed by atoms with van der Waals surface area (Å²) in [7, 11) is -3.35. The highest BCUT2D eigenvalue weighted by atomic mass is 32.2. The molecule has 0 heterocycles. The first-order valence-corrected chi connectivity index (χ1v) is 6.79. The van der Waals surface area contributed by atoms with E-state index >= 15 is 0 Å². The largest absolute Gasteiger partial charge is 0.326 e. The van der Waals surface area contributed by atoms with Crippen LogP contribution >= 0.6 is 0 Å². The van der Waals surface area contributed by atoms with E-state index in [9.17, 15) is 8.42 Å². The zero-order chi connectivity index (χ0) is 12.1. The van der Waals surface area contributed by atoms with Gasteiger partial charge in [0.2, 0.25) is 0 Å². The second-order valence-corrected chi connectivity index (χ2v) is 5.60. The second-order valence-electron chi connectivity index (χ2n) is 3.85. The monoisotopic (exact) mass is 237 g/mol. The summed E-state index contributed by atoms with van der Waals surface area (Å²) >= 11 is 0. The molecule has 0 fully saturated rings. The van der Waals surface area contributed by atoms with E-state index in [2.05, 4.69) is 4.72 Å². The molecule has 0 aromatic rings. The van der Waals surface area contributed by atoms with Crippen LogP contribution in [0.1, 0.15) is 27.7 Å². The lowest BCUT2D eigenvalue weighted by molar-refractivity contribution is 0.422. The molecule has 0 spiro atoms. The van der Waals surface area contributed by atoms with Crippen molar-refractivity contribution in [1.29, 1.82) is 0 Å². The fourth-order valence-electron chi connectivity index (χ4n) is 1.09. The molecule has 0 aromatic carbocycles. The van der Waals surface area contributed by atoms with E-state index in [1.807, 2.05) is 27.7 Å². The number of nitrogens with two attached hydrogens (primary N) is 1. The van der Waals surface area contributed by atoms with E-state index < -0.39 is 10.2 Å². The van der Waals surface area contributed by atoms with Crippen molar-refractivity contribution in [3.63, 3.8) is 0 Å². The summed E-state index contributed by atoms with van der Waals surface area (Å²) in [5.74, 6) is 0.268. The molecule has 3 N–H and O–H groups in total. The number of nitrogens with one attached hydrogen (secondary N) is 1. The molecule has 0 saturated carbocycles. The molecule has 15 heavy (non-hydrogen) atoms. The lowest BCUT2D eigenvalue weighted by Gasteiger charge is -2.21. The maximum absolute atomic E-state index is 11.7. The third kappa shape index (κ3) is 4.92. The quantitative estimate of drug-likeness (QED) is 0.661.